The topological polar surface area (TPSA) is 597 Å². The third-order valence-electron chi connectivity index (χ3n) is 14.7. The van der Waals surface area contributed by atoms with E-state index in [2.05, 4.69) is 58.2 Å². The van der Waals surface area contributed by atoms with Gasteiger partial charge in [-0.15, -0.1) is 0 Å². The summed E-state index contributed by atoms with van der Waals surface area (Å²) in [6, 6.07) is -10.7. The first-order chi connectivity index (χ1) is 44.5. The predicted molar refractivity (Wildman–Crippen MR) is 340 cm³/mol. The van der Waals surface area contributed by atoms with Crippen LogP contribution in [0.15, 0.2) is 35.3 Å². The maximum Gasteiger partial charge on any atom is 0.326 e. The normalized spacial score (nSPS) is 16.5. The molecular formula is C58H92N16O20S. The Labute approximate surface area is 551 Å². The highest BCUT2D eigenvalue weighted by molar-refractivity contribution is 7.98. The molecule has 0 aliphatic carbocycles. The zero-order valence-corrected chi connectivity index (χ0v) is 54.7. The van der Waals surface area contributed by atoms with Crippen LogP contribution < -0.4 is 76.1 Å². The van der Waals surface area contributed by atoms with Gasteiger partial charge in [-0.1, -0.05) is 58.0 Å². The number of carboxylic acids is 3. The number of nitrogens with zero attached hydrogens (tertiary/aromatic N) is 2. The van der Waals surface area contributed by atoms with E-state index in [9.17, 15) is 97.5 Å². The molecule has 0 saturated carbocycles. The van der Waals surface area contributed by atoms with Gasteiger partial charge in [-0.05, 0) is 81.8 Å². The van der Waals surface area contributed by atoms with E-state index in [-0.39, 0.29) is 56.9 Å². The molecule has 1 aromatic rings. The number of aliphatic carboxylic acids is 3. The van der Waals surface area contributed by atoms with E-state index in [0.29, 0.717) is 12.0 Å². The quantitative estimate of drug-likeness (QED) is 0.0164. The second-order valence-electron chi connectivity index (χ2n) is 23.2. The van der Waals surface area contributed by atoms with Crippen molar-refractivity contribution in [3.8, 4) is 0 Å². The zero-order valence-electron chi connectivity index (χ0n) is 53.9. The van der Waals surface area contributed by atoms with Crippen molar-refractivity contribution in [2.75, 3.05) is 31.7 Å². The lowest BCUT2D eigenvalue weighted by Crippen LogP contribution is -2.62. The van der Waals surface area contributed by atoms with Gasteiger partial charge in [-0.25, -0.2) is 4.79 Å². The molecule has 1 aliphatic heterocycles. The maximum absolute atomic E-state index is 14.4. The van der Waals surface area contributed by atoms with E-state index in [1.165, 1.54) is 16.7 Å². The molecule has 1 aromatic carbocycles. The van der Waals surface area contributed by atoms with Crippen LogP contribution in [0.2, 0.25) is 0 Å². The van der Waals surface area contributed by atoms with Gasteiger partial charge in [0, 0.05) is 25.9 Å². The number of nitrogens with two attached hydrogens (primary N) is 4. The molecule has 0 spiro atoms. The Morgan fingerprint density at radius 2 is 1.08 bits per heavy atom. The van der Waals surface area contributed by atoms with E-state index in [0.717, 1.165) is 13.8 Å². The Hall–Kier alpha value is -9.23. The van der Waals surface area contributed by atoms with Gasteiger partial charge in [0.15, 0.2) is 5.96 Å². The molecule has 0 radical (unpaired) electrons. The number of carboxylic acid groups (broad SMARTS) is 3. The fourth-order valence-electron chi connectivity index (χ4n) is 9.45. The van der Waals surface area contributed by atoms with Crippen molar-refractivity contribution in [1.82, 2.24) is 58.1 Å². The number of nitrogens with one attached hydrogen (secondary N) is 10. The third kappa shape index (κ3) is 28.5. The number of guanidine groups is 1. The van der Waals surface area contributed by atoms with Gasteiger partial charge in [0.2, 0.25) is 70.9 Å². The molecule has 1 saturated heterocycles. The maximum atomic E-state index is 14.4. The molecule has 0 bridgehead atoms. The van der Waals surface area contributed by atoms with Crippen LogP contribution in [0.25, 0.3) is 0 Å². The monoisotopic (exact) mass is 1360 g/mol. The summed E-state index contributed by atoms with van der Waals surface area (Å²) in [6.45, 7) is 7.74. The summed E-state index contributed by atoms with van der Waals surface area (Å²) in [6.07, 6.45) is -3.20. The first-order valence-corrected chi connectivity index (χ1v) is 31.8. The van der Waals surface area contributed by atoms with Gasteiger partial charge >= 0.3 is 17.9 Å². The minimum Gasteiger partial charge on any atom is -0.481 e. The Morgan fingerprint density at radius 3 is 1.63 bits per heavy atom. The summed E-state index contributed by atoms with van der Waals surface area (Å²) >= 11 is 1.28. The summed E-state index contributed by atoms with van der Waals surface area (Å²) in [5.74, 6) is -18.1. The molecule has 1 fully saturated rings. The fourth-order valence-corrected chi connectivity index (χ4v) is 9.93. The van der Waals surface area contributed by atoms with E-state index < -0.39 is 212 Å². The van der Waals surface area contributed by atoms with Crippen LogP contribution in [-0.2, 0) is 78.3 Å². The number of rotatable bonds is 42. The second-order valence-corrected chi connectivity index (χ2v) is 24.2. The van der Waals surface area contributed by atoms with Gasteiger partial charge in [0.1, 0.15) is 72.5 Å². The number of aliphatic imine (C=N–C) groups is 1. The molecular weight excluding hydrogens is 1270 g/mol. The Morgan fingerprint density at radius 1 is 0.579 bits per heavy atom. The average molecular weight is 1370 g/mol. The molecule has 1 aliphatic rings. The van der Waals surface area contributed by atoms with Crippen LogP contribution in [0, 0.1) is 11.8 Å². The second kappa shape index (κ2) is 40.8. The first kappa shape index (κ1) is 81.9. The van der Waals surface area contributed by atoms with Crippen LogP contribution in [0.5, 0.6) is 0 Å². The number of benzene rings is 1. The zero-order chi connectivity index (χ0) is 72.0. The highest BCUT2D eigenvalue weighted by atomic mass is 32.2. The van der Waals surface area contributed by atoms with E-state index in [1.807, 2.05) is 0 Å². The molecule has 13 atom stereocenters. The molecule has 23 N–H and O–H groups in total. The predicted octanol–water partition coefficient (Wildman–Crippen LogP) is -6.79. The lowest BCUT2D eigenvalue weighted by atomic mass is 9.98. The van der Waals surface area contributed by atoms with Crippen molar-refractivity contribution in [2.45, 2.75) is 184 Å². The molecule has 95 heavy (non-hydrogen) atoms. The smallest absolute Gasteiger partial charge is 0.326 e. The number of likely N-dealkylation sites (tertiary alicyclic amines) is 1. The summed E-state index contributed by atoms with van der Waals surface area (Å²) < 4.78 is 0. The Kier molecular flexibility index (Phi) is 35.1. The largest absolute Gasteiger partial charge is 0.481 e. The number of primary amides is 1. The van der Waals surface area contributed by atoms with Crippen LogP contribution >= 0.6 is 11.8 Å². The molecule has 530 valence electrons. The van der Waals surface area contributed by atoms with Gasteiger partial charge in [-0.2, -0.15) is 11.8 Å². The van der Waals surface area contributed by atoms with Crippen molar-refractivity contribution in [3.05, 3.63) is 35.9 Å². The number of thioether (sulfide) groups is 1. The van der Waals surface area contributed by atoms with E-state index >= 15 is 0 Å². The molecule has 12 amide bonds. The van der Waals surface area contributed by atoms with Crippen molar-refractivity contribution < 1.29 is 97.5 Å². The van der Waals surface area contributed by atoms with Crippen molar-refractivity contribution in [1.29, 1.82) is 0 Å². The summed E-state index contributed by atoms with van der Waals surface area (Å²) in [4.78, 5) is 204. The van der Waals surface area contributed by atoms with Crippen LogP contribution in [0.4, 0.5) is 0 Å². The standard InChI is InChI=1S/C58H92N16O20S/c1-27(2)43(71-52(88)38(25-42(80)81)68-47(83)32(59)26-75)54(90)72-44(28(3)4)56(92)74-21-12-16-39(74)53(89)66-34(19-22-95-7)49(85)73-45(30(6)76)55(91)64-29(5)46(82)65-33(17-18-41(78)79)48(84)70-37(24-40(60)77)51(87)69-36(23-31-13-9-8-10-14-31)50(86)67-35(57(93)94)15-11-20-63-58(61)62/h8-10,13-14,27-30,32-39,43-45,75-76H,11-12,15-26,59H2,1-7H3,(H2,60,77)(H,64,91)(H,65,82)(H,66,89)(H,67,86)(H,68,83)(H,69,87)(H,70,84)(H,71,88)(H,72,90)(H,73,85)(H,78,79)(H,80,81)(H,93,94)(H4,61,62,63)/t29-,30+,32-,33-,34-,35-,36-,37-,38-,39-,43-,44-,45-/m0/s1. The fraction of sp³-hybridized carbons (Fsp3) is 0.621. The molecule has 1 heterocycles. The van der Waals surface area contributed by atoms with Crippen molar-refractivity contribution in [3.63, 3.8) is 0 Å². The molecule has 36 nitrogen and oxygen atoms in total. The molecule has 0 aromatic heterocycles. The number of aliphatic hydroxyl groups is 2. The van der Waals surface area contributed by atoms with Crippen LogP contribution in [0.1, 0.15) is 105 Å². The molecule has 0 unspecified atom stereocenters. The number of hydrogen-bond acceptors (Lipinski definition) is 20. The summed E-state index contributed by atoms with van der Waals surface area (Å²) in [7, 11) is 0. The summed E-state index contributed by atoms with van der Waals surface area (Å²) in [5.41, 5.74) is 22.1. The van der Waals surface area contributed by atoms with Gasteiger partial charge < -0.3 is 107 Å². The van der Waals surface area contributed by atoms with Crippen LogP contribution in [0.3, 0.4) is 0 Å². The van der Waals surface area contributed by atoms with E-state index in [4.69, 9.17) is 22.9 Å². The van der Waals surface area contributed by atoms with Gasteiger partial charge in [0.05, 0.1) is 25.6 Å². The first-order valence-electron chi connectivity index (χ1n) is 30.4. The SMILES string of the molecule is CSCC[C@H](NC(=O)[C@@H]1CCCN1C(=O)[C@@H](NC(=O)[C@@H](NC(=O)[C@H](CC(=O)O)NC(=O)[C@@H](N)CO)C(C)C)C(C)C)C(=O)N[C@H](C(=O)N[C@@H](C)C(=O)N[C@@H](CCC(=O)O)C(=O)N[C@@H](CC(N)=O)C(=O)N[C@@H](Cc1ccccc1)C(=O)N[C@@H](CCCN=C(N)N)C(=O)O)[C@@H](C)O. The van der Waals surface area contributed by atoms with Crippen molar-refractivity contribution >= 4 is 107 Å². The van der Waals surface area contributed by atoms with E-state index in [1.54, 1.807) is 64.3 Å². The Bertz CT molecular complexity index is 2900. The molecule has 2 rings (SSSR count). The highest BCUT2D eigenvalue weighted by Gasteiger charge is 2.42. The highest BCUT2D eigenvalue weighted by Crippen LogP contribution is 2.22. The number of amides is 12. The third-order valence-corrected chi connectivity index (χ3v) is 15.4. The van der Waals surface area contributed by atoms with Crippen LogP contribution in [-0.4, -0.2) is 235 Å². The number of hydrogen-bond donors (Lipinski definition) is 19. The van der Waals surface area contributed by atoms with Gasteiger partial charge in [0.25, 0.3) is 0 Å². The lowest BCUT2D eigenvalue weighted by Gasteiger charge is -2.33. The Balaban J connectivity index is 2.33. The minimum atomic E-state index is -1.90. The molecule has 37 heteroatoms. The summed E-state index contributed by atoms with van der Waals surface area (Å²) in [5, 5.41) is 72.7. The number of carbonyl (C=O) groups excluding carboxylic acids is 12. The van der Waals surface area contributed by atoms with Gasteiger partial charge in [-0.3, -0.25) is 72.1 Å². The minimum absolute atomic E-state index is 0.0190. The number of carbonyl (C=O) groups is 15. The van der Waals surface area contributed by atoms with Crippen molar-refractivity contribution in [2.24, 2.45) is 39.8 Å². The average Bonchev–Trinajstić information content (AvgIpc) is 1.79. The lowest BCUT2D eigenvalue weighted by molar-refractivity contribution is -0.144. The number of aliphatic hydroxyl groups excluding tert-OH is 2.